The number of hydrogen-bond donors (Lipinski definition) is 1. The molecule has 1 heterocycles. The predicted molar refractivity (Wildman–Crippen MR) is 66.9 cm³/mol. The molecule has 0 radical (unpaired) electrons. The number of benzene rings is 1. The molecule has 0 atom stereocenters. The third kappa shape index (κ3) is 3.56. The fraction of sp³-hybridized carbons (Fsp3) is 0.500. The molecule has 0 aliphatic carbocycles. The molecule has 2 rings (SSSR count). The van der Waals surface area contributed by atoms with Crippen LogP contribution in [0.1, 0.15) is 24.0 Å². The first-order valence-electron chi connectivity index (χ1n) is 6.17. The molecule has 1 aliphatic heterocycles. The molecule has 92 valence electrons. The summed E-state index contributed by atoms with van der Waals surface area (Å²) in [4.78, 5) is 11.9. The number of carbonyl (C=O) groups excluding carboxylic acids is 1. The van der Waals surface area contributed by atoms with Crippen molar-refractivity contribution in [2.24, 2.45) is 0 Å². The minimum absolute atomic E-state index is 0.117. The third-order valence-electron chi connectivity index (χ3n) is 3.20. The molecule has 0 saturated carbocycles. The summed E-state index contributed by atoms with van der Waals surface area (Å²) < 4.78 is 5.27. The lowest BCUT2D eigenvalue weighted by atomic mass is 10.0. The van der Waals surface area contributed by atoms with E-state index >= 15 is 0 Å². The van der Waals surface area contributed by atoms with Crippen LogP contribution in [0, 0.1) is 6.92 Å². The second-order valence-corrected chi connectivity index (χ2v) is 4.56. The first-order valence-corrected chi connectivity index (χ1v) is 6.17. The van der Waals surface area contributed by atoms with Gasteiger partial charge in [-0.3, -0.25) is 4.79 Å². The van der Waals surface area contributed by atoms with Crippen LogP contribution in [0.5, 0.6) is 0 Å². The summed E-state index contributed by atoms with van der Waals surface area (Å²) in [7, 11) is 0. The van der Waals surface area contributed by atoms with E-state index in [1.807, 2.05) is 31.2 Å². The highest BCUT2D eigenvalue weighted by Gasteiger charge is 2.16. The number of nitrogens with one attached hydrogen (secondary N) is 1. The largest absolute Gasteiger partial charge is 0.381 e. The highest BCUT2D eigenvalue weighted by atomic mass is 16.5. The lowest BCUT2D eigenvalue weighted by molar-refractivity contribution is -0.121. The zero-order valence-corrected chi connectivity index (χ0v) is 10.2. The SMILES string of the molecule is Cc1ccccc1CC(=O)NC1CCOCC1. The van der Waals surface area contributed by atoms with Gasteiger partial charge in [0.25, 0.3) is 0 Å². The van der Waals surface area contributed by atoms with Crippen molar-refractivity contribution in [1.82, 2.24) is 5.32 Å². The van der Waals surface area contributed by atoms with Gasteiger partial charge in [-0.1, -0.05) is 24.3 Å². The van der Waals surface area contributed by atoms with Crippen molar-refractivity contribution in [3.63, 3.8) is 0 Å². The Labute approximate surface area is 102 Å². The lowest BCUT2D eigenvalue weighted by Crippen LogP contribution is -2.39. The molecule has 0 unspecified atom stereocenters. The molecule has 1 aromatic rings. The van der Waals surface area contributed by atoms with Crippen LogP contribution in [0.3, 0.4) is 0 Å². The van der Waals surface area contributed by atoms with E-state index in [-0.39, 0.29) is 5.91 Å². The van der Waals surface area contributed by atoms with E-state index in [4.69, 9.17) is 4.74 Å². The molecule has 0 bridgehead atoms. The molecule has 1 N–H and O–H groups in total. The van der Waals surface area contributed by atoms with Crippen molar-refractivity contribution in [2.75, 3.05) is 13.2 Å². The molecule has 3 nitrogen and oxygen atoms in total. The summed E-state index contributed by atoms with van der Waals surface area (Å²) in [5.41, 5.74) is 2.28. The standard InChI is InChI=1S/C14H19NO2/c1-11-4-2-3-5-12(11)10-14(16)15-13-6-8-17-9-7-13/h2-5,13H,6-10H2,1H3,(H,15,16). The number of amides is 1. The Bertz CT molecular complexity index is 384. The van der Waals surface area contributed by atoms with Gasteiger partial charge in [0.2, 0.25) is 5.91 Å². The topological polar surface area (TPSA) is 38.3 Å². The molecule has 1 aromatic carbocycles. The zero-order chi connectivity index (χ0) is 12.1. The maximum absolute atomic E-state index is 11.9. The average Bonchev–Trinajstić information content (AvgIpc) is 2.33. The van der Waals surface area contributed by atoms with Crippen molar-refractivity contribution >= 4 is 5.91 Å². The highest BCUT2D eigenvalue weighted by Crippen LogP contribution is 2.09. The maximum atomic E-state index is 11.9. The maximum Gasteiger partial charge on any atom is 0.224 e. The molecule has 1 amide bonds. The second-order valence-electron chi connectivity index (χ2n) is 4.56. The Kier molecular flexibility index (Phi) is 4.15. The summed E-state index contributed by atoms with van der Waals surface area (Å²) in [5.74, 6) is 0.117. The molecule has 1 aliphatic rings. The first-order chi connectivity index (χ1) is 8.25. The molecular formula is C14H19NO2. The van der Waals surface area contributed by atoms with E-state index in [1.54, 1.807) is 0 Å². The molecular weight excluding hydrogens is 214 g/mol. The fourth-order valence-corrected chi connectivity index (χ4v) is 2.10. The first kappa shape index (κ1) is 12.1. The number of hydrogen-bond acceptors (Lipinski definition) is 2. The summed E-state index contributed by atoms with van der Waals surface area (Å²) in [6.45, 7) is 3.56. The third-order valence-corrected chi connectivity index (χ3v) is 3.20. The van der Waals surface area contributed by atoms with Gasteiger partial charge in [0.1, 0.15) is 0 Å². The number of rotatable bonds is 3. The van der Waals surface area contributed by atoms with Crippen LogP contribution in [0.4, 0.5) is 0 Å². The summed E-state index contributed by atoms with van der Waals surface area (Å²) in [6.07, 6.45) is 2.34. The van der Waals surface area contributed by atoms with Crippen molar-refractivity contribution < 1.29 is 9.53 Å². The number of carbonyl (C=O) groups is 1. The van der Waals surface area contributed by atoms with E-state index in [9.17, 15) is 4.79 Å². The van der Waals surface area contributed by atoms with E-state index < -0.39 is 0 Å². The van der Waals surface area contributed by atoms with Crippen LogP contribution >= 0.6 is 0 Å². The van der Waals surface area contributed by atoms with Crippen LogP contribution in [-0.4, -0.2) is 25.2 Å². The summed E-state index contributed by atoms with van der Waals surface area (Å²) in [5, 5.41) is 3.08. The molecule has 1 fully saturated rings. The average molecular weight is 233 g/mol. The molecule has 0 aromatic heterocycles. The van der Waals surface area contributed by atoms with Gasteiger partial charge in [-0.25, -0.2) is 0 Å². The number of ether oxygens (including phenoxy) is 1. The van der Waals surface area contributed by atoms with Crippen molar-refractivity contribution in [2.45, 2.75) is 32.2 Å². The minimum atomic E-state index is 0.117. The van der Waals surface area contributed by atoms with Gasteiger partial charge in [-0.2, -0.15) is 0 Å². The van der Waals surface area contributed by atoms with Crippen molar-refractivity contribution in [1.29, 1.82) is 0 Å². The summed E-state index contributed by atoms with van der Waals surface area (Å²) >= 11 is 0. The predicted octanol–water partition coefficient (Wildman–Crippen LogP) is 1.83. The monoisotopic (exact) mass is 233 g/mol. The minimum Gasteiger partial charge on any atom is -0.381 e. The van der Waals surface area contributed by atoms with Crippen LogP contribution in [-0.2, 0) is 16.0 Å². The Morgan fingerprint density at radius 3 is 2.76 bits per heavy atom. The lowest BCUT2D eigenvalue weighted by Gasteiger charge is -2.23. The van der Waals surface area contributed by atoms with E-state index in [0.717, 1.165) is 31.6 Å². The molecule has 17 heavy (non-hydrogen) atoms. The number of aryl methyl sites for hydroxylation is 1. The summed E-state index contributed by atoms with van der Waals surface area (Å²) in [6, 6.07) is 8.31. The van der Waals surface area contributed by atoms with Gasteiger partial charge >= 0.3 is 0 Å². The van der Waals surface area contributed by atoms with Gasteiger partial charge < -0.3 is 10.1 Å². The highest BCUT2D eigenvalue weighted by molar-refractivity contribution is 5.79. The van der Waals surface area contributed by atoms with E-state index in [1.165, 1.54) is 5.56 Å². The van der Waals surface area contributed by atoms with Gasteiger partial charge in [0, 0.05) is 19.3 Å². The van der Waals surface area contributed by atoms with Crippen LogP contribution in [0.15, 0.2) is 24.3 Å². The molecule has 3 heteroatoms. The van der Waals surface area contributed by atoms with E-state index in [0.29, 0.717) is 12.5 Å². The smallest absolute Gasteiger partial charge is 0.224 e. The zero-order valence-electron chi connectivity index (χ0n) is 10.2. The van der Waals surface area contributed by atoms with Gasteiger partial charge in [0.15, 0.2) is 0 Å². The molecule has 0 spiro atoms. The fourth-order valence-electron chi connectivity index (χ4n) is 2.10. The second kappa shape index (κ2) is 5.82. The van der Waals surface area contributed by atoms with Gasteiger partial charge in [0.05, 0.1) is 6.42 Å². The van der Waals surface area contributed by atoms with E-state index in [2.05, 4.69) is 5.32 Å². The van der Waals surface area contributed by atoms with Crippen molar-refractivity contribution in [3.05, 3.63) is 35.4 Å². The van der Waals surface area contributed by atoms with Crippen LogP contribution < -0.4 is 5.32 Å². The Balaban J connectivity index is 1.86. The molecule has 1 saturated heterocycles. The Morgan fingerprint density at radius 1 is 1.35 bits per heavy atom. The van der Waals surface area contributed by atoms with Crippen LogP contribution in [0.25, 0.3) is 0 Å². The quantitative estimate of drug-likeness (QED) is 0.865. The van der Waals surface area contributed by atoms with Gasteiger partial charge in [-0.05, 0) is 30.9 Å². The van der Waals surface area contributed by atoms with Crippen LogP contribution in [0.2, 0.25) is 0 Å². The van der Waals surface area contributed by atoms with Gasteiger partial charge in [-0.15, -0.1) is 0 Å². The Hall–Kier alpha value is -1.35. The Morgan fingerprint density at radius 2 is 2.06 bits per heavy atom. The van der Waals surface area contributed by atoms with Crippen molar-refractivity contribution in [3.8, 4) is 0 Å². The normalized spacial score (nSPS) is 16.8.